The maximum atomic E-state index is 13.8. The molecule has 1 aliphatic carbocycles. The fourth-order valence-corrected chi connectivity index (χ4v) is 6.76. The van der Waals surface area contributed by atoms with Gasteiger partial charge in [0.05, 0.1) is 11.7 Å². The Balaban J connectivity index is 0.00000423. The summed E-state index contributed by atoms with van der Waals surface area (Å²) in [5.74, 6) is 0.0741. The van der Waals surface area contributed by atoms with Gasteiger partial charge in [0.25, 0.3) is 0 Å². The van der Waals surface area contributed by atoms with Crippen molar-refractivity contribution in [3.05, 3.63) is 59.7 Å². The topological polar surface area (TPSA) is 119 Å². The first kappa shape index (κ1) is 32.8. The molecule has 5 rings (SSSR count). The summed E-state index contributed by atoms with van der Waals surface area (Å²) >= 11 is 0. The van der Waals surface area contributed by atoms with Crippen LogP contribution in [0.15, 0.2) is 48.5 Å². The average Bonchev–Trinajstić information content (AvgIpc) is 3.01. The van der Waals surface area contributed by atoms with Crippen molar-refractivity contribution in [1.82, 2.24) is 15.1 Å². The van der Waals surface area contributed by atoms with Gasteiger partial charge in [0.1, 0.15) is 23.1 Å². The number of carbonyl (C=O) groups excluding carboxylic acids is 2. The number of aliphatic hydroxyl groups excluding tert-OH is 1. The third-order valence-corrected chi connectivity index (χ3v) is 9.32. The maximum Gasteiger partial charge on any atom is 0.335 e. The third kappa shape index (κ3) is 7.33. The molecule has 2 aromatic rings. The van der Waals surface area contributed by atoms with E-state index in [0.29, 0.717) is 44.0 Å². The van der Waals surface area contributed by atoms with E-state index in [1.807, 2.05) is 29.2 Å². The van der Waals surface area contributed by atoms with Crippen LogP contribution in [-0.4, -0.2) is 75.1 Å². The van der Waals surface area contributed by atoms with E-state index < -0.39 is 23.7 Å². The molecule has 234 valence electrons. The van der Waals surface area contributed by atoms with E-state index in [4.69, 9.17) is 9.84 Å². The molecule has 9 nitrogen and oxygen atoms in total. The first-order chi connectivity index (χ1) is 20.3. The number of aromatic carboxylic acids is 1. The summed E-state index contributed by atoms with van der Waals surface area (Å²) in [7, 11) is 0. The number of benzene rings is 2. The second-order valence-electron chi connectivity index (χ2n) is 12.1. The third-order valence-electron chi connectivity index (χ3n) is 9.32. The summed E-state index contributed by atoms with van der Waals surface area (Å²) in [4.78, 5) is 42.7. The zero-order valence-corrected chi connectivity index (χ0v) is 25.7. The van der Waals surface area contributed by atoms with E-state index in [2.05, 4.69) is 17.1 Å². The molecule has 0 radical (unpaired) electrons. The number of rotatable bonds is 10. The molecule has 3 N–H and O–H groups in total. The number of piperazine rings is 1. The van der Waals surface area contributed by atoms with Crippen LogP contribution in [0.3, 0.4) is 0 Å². The van der Waals surface area contributed by atoms with Crippen LogP contribution >= 0.6 is 12.4 Å². The number of amides is 2. The Morgan fingerprint density at radius 2 is 1.60 bits per heavy atom. The molecular weight excluding hydrogens is 570 g/mol. The van der Waals surface area contributed by atoms with Crippen molar-refractivity contribution >= 4 is 30.2 Å². The van der Waals surface area contributed by atoms with Crippen molar-refractivity contribution in [2.45, 2.75) is 88.9 Å². The van der Waals surface area contributed by atoms with E-state index in [1.165, 1.54) is 18.6 Å². The fraction of sp³-hybridized carbons (Fsp3) is 0.545. The molecule has 1 saturated carbocycles. The number of carboxylic acids is 1. The van der Waals surface area contributed by atoms with Gasteiger partial charge >= 0.3 is 5.97 Å². The van der Waals surface area contributed by atoms with Gasteiger partial charge < -0.3 is 25.2 Å². The highest BCUT2D eigenvalue weighted by molar-refractivity contribution is 6.00. The molecule has 2 heterocycles. The van der Waals surface area contributed by atoms with Gasteiger partial charge in [-0.15, -0.1) is 12.4 Å². The zero-order chi connectivity index (χ0) is 29.7. The van der Waals surface area contributed by atoms with Gasteiger partial charge in [-0.05, 0) is 80.0 Å². The summed E-state index contributed by atoms with van der Waals surface area (Å²) in [6, 6.07) is 13.2. The van der Waals surface area contributed by atoms with Crippen molar-refractivity contribution < 1.29 is 29.3 Å². The number of likely N-dealkylation sites (tertiary alicyclic amines) is 1. The van der Waals surface area contributed by atoms with Crippen LogP contribution in [0.2, 0.25) is 0 Å². The van der Waals surface area contributed by atoms with Gasteiger partial charge in [0, 0.05) is 26.2 Å². The number of halogens is 1. The molecule has 1 spiro atoms. The Kier molecular flexibility index (Phi) is 11.1. The fourth-order valence-electron chi connectivity index (χ4n) is 6.76. The van der Waals surface area contributed by atoms with Crippen LogP contribution in [0.25, 0.3) is 0 Å². The summed E-state index contributed by atoms with van der Waals surface area (Å²) in [6.07, 6.45) is 7.15. The molecule has 0 bridgehead atoms. The van der Waals surface area contributed by atoms with Crippen molar-refractivity contribution in [3.8, 4) is 11.5 Å². The lowest BCUT2D eigenvalue weighted by atomic mass is 9.78. The second-order valence-corrected chi connectivity index (χ2v) is 12.1. The largest absolute Gasteiger partial charge is 0.478 e. The van der Waals surface area contributed by atoms with Crippen molar-refractivity contribution in [3.63, 3.8) is 0 Å². The molecule has 2 atom stereocenters. The van der Waals surface area contributed by atoms with Gasteiger partial charge in [-0.25, -0.2) is 4.79 Å². The molecule has 3 aliphatic rings. The predicted octanol–water partition coefficient (Wildman–Crippen LogP) is 5.00. The van der Waals surface area contributed by atoms with Crippen LogP contribution in [0.1, 0.15) is 80.6 Å². The molecular formula is C33H44ClN3O6. The average molecular weight is 614 g/mol. The number of hydrogen-bond acceptors (Lipinski definition) is 6. The molecule has 2 aromatic carbocycles. The molecule has 0 aromatic heterocycles. The van der Waals surface area contributed by atoms with Crippen molar-refractivity contribution in [2.24, 2.45) is 5.92 Å². The zero-order valence-electron chi connectivity index (χ0n) is 24.9. The van der Waals surface area contributed by atoms with E-state index >= 15 is 0 Å². The number of hydrogen-bond donors (Lipinski definition) is 3. The lowest BCUT2D eigenvalue weighted by Crippen LogP contribution is -2.75. The van der Waals surface area contributed by atoms with Crippen LogP contribution in [-0.2, 0) is 16.1 Å². The van der Waals surface area contributed by atoms with Crippen molar-refractivity contribution in [1.29, 1.82) is 0 Å². The Morgan fingerprint density at radius 1 is 1.00 bits per heavy atom. The summed E-state index contributed by atoms with van der Waals surface area (Å²) in [5, 5.41) is 23.2. The number of nitrogens with zero attached hydrogens (tertiary/aromatic N) is 2. The number of piperidine rings is 1. The monoisotopic (exact) mass is 613 g/mol. The molecule has 43 heavy (non-hydrogen) atoms. The highest BCUT2D eigenvalue weighted by Crippen LogP contribution is 2.36. The lowest BCUT2D eigenvalue weighted by molar-refractivity contribution is -0.166. The Labute approximate surface area is 260 Å². The van der Waals surface area contributed by atoms with E-state index in [1.54, 1.807) is 12.1 Å². The molecule has 10 heteroatoms. The first-order valence-electron chi connectivity index (χ1n) is 15.4. The number of carboxylic acid groups (broad SMARTS) is 1. The minimum absolute atomic E-state index is 0. The number of unbranched alkanes of at least 4 members (excludes halogenated alkanes) is 1. The number of aliphatic hydroxyl groups is 1. The Hall–Kier alpha value is -3.14. The molecule has 0 unspecified atom stereocenters. The normalized spacial score (nSPS) is 21.6. The quantitative estimate of drug-likeness (QED) is 0.345. The van der Waals surface area contributed by atoms with E-state index in [0.717, 1.165) is 50.6 Å². The number of carbonyl (C=O) groups is 3. The summed E-state index contributed by atoms with van der Waals surface area (Å²) in [5.41, 5.74) is 0.461. The van der Waals surface area contributed by atoms with E-state index in [-0.39, 0.29) is 35.7 Å². The van der Waals surface area contributed by atoms with Crippen LogP contribution in [0.5, 0.6) is 11.5 Å². The van der Waals surface area contributed by atoms with Crippen molar-refractivity contribution in [2.75, 3.05) is 19.6 Å². The van der Waals surface area contributed by atoms with Gasteiger partial charge in [0.15, 0.2) is 0 Å². The number of ether oxygens (including phenoxy) is 1. The van der Waals surface area contributed by atoms with Gasteiger partial charge in [-0.3, -0.25) is 14.5 Å². The Morgan fingerprint density at radius 3 is 2.19 bits per heavy atom. The standard InChI is InChI=1S/C33H43N3O6.ClH/c1-2-3-19-36-30(38)28(29(37)24-7-5-4-6-8-24)34-32(41)33(36)17-20-35(21-18-33)22-23-9-13-26(14-10-23)42-27-15-11-25(12-16-27)31(39)40;/h9-16,24,28-29,37H,2-8,17-22H2,1H3,(H,34,41)(H,39,40);1H/t28-,29-;/m0./s1. The maximum absolute atomic E-state index is 13.8. The van der Waals surface area contributed by atoms with E-state index in [9.17, 15) is 19.5 Å². The minimum Gasteiger partial charge on any atom is -0.478 e. The van der Waals surface area contributed by atoms with Crippen LogP contribution < -0.4 is 10.1 Å². The summed E-state index contributed by atoms with van der Waals surface area (Å²) < 4.78 is 5.86. The smallest absolute Gasteiger partial charge is 0.335 e. The first-order valence-corrected chi connectivity index (χ1v) is 15.4. The van der Waals surface area contributed by atoms with Crippen LogP contribution in [0.4, 0.5) is 0 Å². The predicted molar refractivity (Wildman–Crippen MR) is 166 cm³/mol. The molecule has 2 aliphatic heterocycles. The Bertz CT molecular complexity index is 1240. The second kappa shape index (κ2) is 14.6. The lowest BCUT2D eigenvalue weighted by Gasteiger charge is -2.52. The number of nitrogens with one attached hydrogen (secondary N) is 1. The minimum atomic E-state index is -0.975. The molecule has 3 fully saturated rings. The van der Waals surface area contributed by atoms with Gasteiger partial charge in [-0.2, -0.15) is 0 Å². The molecule has 2 amide bonds. The van der Waals surface area contributed by atoms with Crippen LogP contribution in [0, 0.1) is 5.92 Å². The molecule has 2 saturated heterocycles. The van der Waals surface area contributed by atoms with Gasteiger partial charge in [-0.1, -0.05) is 44.7 Å². The SMILES string of the molecule is CCCCN1C(=O)[C@H]([C@@H](O)C2CCCCC2)NC(=O)C12CCN(Cc1ccc(Oc3ccc(C(=O)O)cc3)cc1)CC2.Cl. The summed E-state index contributed by atoms with van der Waals surface area (Å²) in [6.45, 7) is 4.72. The highest BCUT2D eigenvalue weighted by atomic mass is 35.5. The highest BCUT2D eigenvalue weighted by Gasteiger charge is 2.55. The van der Waals surface area contributed by atoms with Gasteiger partial charge in [0.2, 0.25) is 11.8 Å².